The summed E-state index contributed by atoms with van der Waals surface area (Å²) in [5, 5.41) is 4.00. The van der Waals surface area contributed by atoms with Gasteiger partial charge in [-0.3, -0.25) is 19.3 Å². The van der Waals surface area contributed by atoms with E-state index in [9.17, 15) is 19.2 Å². The number of nitrogens with one attached hydrogen (secondary N) is 1. The minimum absolute atomic E-state index is 0.0887. The molecule has 4 aromatic carbocycles. The SMILES string of the molecule is CCOC(=O)c1cc(NC(=O)CN2C(=O)S/C(=C/c3c(OCc4ccccc4)ccc4ccccc34)C2=O)ccc1Cl. The predicted molar refractivity (Wildman–Crippen MR) is 163 cm³/mol. The number of fused-ring (bicyclic) bond motifs is 1. The minimum atomic E-state index is -0.629. The number of anilines is 1. The third kappa shape index (κ3) is 6.48. The normalized spacial score (nSPS) is 14.0. The summed E-state index contributed by atoms with van der Waals surface area (Å²) in [4.78, 5) is 52.1. The van der Waals surface area contributed by atoms with Crippen LogP contribution in [0.25, 0.3) is 16.8 Å². The number of imide groups is 1. The second-order valence-corrected chi connectivity index (χ2v) is 10.6. The molecule has 1 saturated heterocycles. The number of nitrogens with zero attached hydrogens (tertiary/aromatic N) is 1. The molecule has 0 aliphatic carbocycles. The van der Waals surface area contributed by atoms with Gasteiger partial charge in [-0.25, -0.2) is 4.79 Å². The number of hydrogen-bond acceptors (Lipinski definition) is 7. The molecule has 1 aliphatic heterocycles. The molecule has 0 spiro atoms. The van der Waals surface area contributed by atoms with Crippen LogP contribution in [0, 0.1) is 0 Å². The Labute approximate surface area is 251 Å². The van der Waals surface area contributed by atoms with Crippen LogP contribution in [0.1, 0.15) is 28.4 Å². The molecule has 3 amide bonds. The third-order valence-corrected chi connectivity index (χ3v) is 7.60. The van der Waals surface area contributed by atoms with Crippen molar-refractivity contribution in [3.63, 3.8) is 0 Å². The van der Waals surface area contributed by atoms with Gasteiger partial charge in [0.2, 0.25) is 5.91 Å². The molecule has 0 radical (unpaired) electrons. The van der Waals surface area contributed by atoms with Crippen molar-refractivity contribution in [3.8, 4) is 5.75 Å². The van der Waals surface area contributed by atoms with Crippen LogP contribution in [0.3, 0.4) is 0 Å². The summed E-state index contributed by atoms with van der Waals surface area (Å²) in [6.07, 6.45) is 1.64. The molecule has 0 saturated carbocycles. The van der Waals surface area contributed by atoms with E-state index in [1.807, 2.05) is 66.7 Å². The predicted octanol–water partition coefficient (Wildman–Crippen LogP) is 6.92. The summed E-state index contributed by atoms with van der Waals surface area (Å²) < 4.78 is 11.1. The van der Waals surface area contributed by atoms with Crippen molar-refractivity contribution >= 4 is 68.9 Å². The summed E-state index contributed by atoms with van der Waals surface area (Å²) in [6.45, 7) is 1.65. The molecule has 1 fully saturated rings. The molecular weight excluding hydrogens is 576 g/mol. The molecule has 212 valence electrons. The van der Waals surface area contributed by atoms with Gasteiger partial charge in [-0.2, -0.15) is 0 Å². The molecule has 10 heteroatoms. The van der Waals surface area contributed by atoms with Crippen molar-refractivity contribution in [1.29, 1.82) is 0 Å². The van der Waals surface area contributed by atoms with Crippen LogP contribution in [-0.2, 0) is 20.9 Å². The van der Waals surface area contributed by atoms with Crippen LogP contribution in [0.15, 0.2) is 89.8 Å². The summed E-state index contributed by atoms with van der Waals surface area (Å²) in [5.41, 5.74) is 2.00. The highest BCUT2D eigenvalue weighted by atomic mass is 35.5. The number of carbonyl (C=O) groups is 4. The first kappa shape index (κ1) is 28.9. The maximum Gasteiger partial charge on any atom is 0.339 e. The lowest BCUT2D eigenvalue weighted by atomic mass is 10.0. The first-order chi connectivity index (χ1) is 20.3. The van der Waals surface area contributed by atoms with E-state index < -0.39 is 29.6 Å². The van der Waals surface area contributed by atoms with Gasteiger partial charge in [0.15, 0.2) is 0 Å². The largest absolute Gasteiger partial charge is 0.488 e. The number of rotatable bonds is 9. The van der Waals surface area contributed by atoms with Gasteiger partial charge < -0.3 is 14.8 Å². The molecule has 0 aromatic heterocycles. The standard InChI is InChI=1S/C32H25ClN2O6S/c1-2-40-31(38)25-16-22(13-14-26(25)33)34-29(36)18-35-30(37)28(42-32(35)39)17-24-23-11-7-6-10-21(23)12-15-27(24)41-19-20-8-4-3-5-9-20/h3-17H,2,18-19H2,1H3,(H,34,36)/b28-17+. The highest BCUT2D eigenvalue weighted by Gasteiger charge is 2.36. The number of carbonyl (C=O) groups excluding carboxylic acids is 4. The van der Waals surface area contributed by atoms with E-state index >= 15 is 0 Å². The van der Waals surface area contributed by atoms with Crippen molar-refractivity contribution < 1.29 is 28.7 Å². The van der Waals surface area contributed by atoms with E-state index in [1.54, 1.807) is 13.0 Å². The van der Waals surface area contributed by atoms with Gasteiger partial charge in [0.25, 0.3) is 11.1 Å². The lowest BCUT2D eigenvalue weighted by Gasteiger charge is -2.14. The van der Waals surface area contributed by atoms with Crippen LogP contribution in [0.2, 0.25) is 5.02 Å². The maximum atomic E-state index is 13.3. The van der Waals surface area contributed by atoms with Crippen molar-refractivity contribution in [2.24, 2.45) is 0 Å². The molecule has 4 aromatic rings. The van der Waals surface area contributed by atoms with Crippen molar-refractivity contribution in [3.05, 3.63) is 112 Å². The number of esters is 1. The van der Waals surface area contributed by atoms with Gasteiger partial charge in [-0.1, -0.05) is 72.3 Å². The van der Waals surface area contributed by atoms with Crippen molar-refractivity contribution in [2.45, 2.75) is 13.5 Å². The molecular formula is C32H25ClN2O6S. The Kier molecular flexibility index (Phi) is 8.90. The van der Waals surface area contributed by atoms with Gasteiger partial charge >= 0.3 is 5.97 Å². The molecule has 5 rings (SSSR count). The molecule has 8 nitrogen and oxygen atoms in total. The fourth-order valence-electron chi connectivity index (χ4n) is 4.37. The lowest BCUT2D eigenvalue weighted by Crippen LogP contribution is -2.36. The zero-order valence-electron chi connectivity index (χ0n) is 22.5. The Balaban J connectivity index is 1.35. The Hall–Kier alpha value is -4.60. The number of ether oxygens (including phenoxy) is 2. The van der Waals surface area contributed by atoms with E-state index in [-0.39, 0.29) is 27.8 Å². The van der Waals surface area contributed by atoms with Crippen molar-refractivity contribution in [1.82, 2.24) is 4.90 Å². The highest BCUT2D eigenvalue weighted by molar-refractivity contribution is 8.18. The van der Waals surface area contributed by atoms with Gasteiger partial charge in [-0.15, -0.1) is 0 Å². The van der Waals surface area contributed by atoms with Gasteiger partial charge in [0.05, 0.1) is 22.1 Å². The summed E-state index contributed by atoms with van der Waals surface area (Å²) in [7, 11) is 0. The maximum absolute atomic E-state index is 13.3. The van der Waals surface area contributed by atoms with E-state index in [4.69, 9.17) is 21.1 Å². The summed E-state index contributed by atoms with van der Waals surface area (Å²) >= 11 is 6.85. The smallest absolute Gasteiger partial charge is 0.339 e. The Bertz CT molecular complexity index is 1720. The van der Waals surface area contributed by atoms with E-state index in [0.29, 0.717) is 17.9 Å². The highest BCUT2D eigenvalue weighted by Crippen LogP contribution is 2.37. The Morgan fingerprint density at radius 1 is 0.976 bits per heavy atom. The fourth-order valence-corrected chi connectivity index (χ4v) is 5.38. The molecule has 1 heterocycles. The van der Waals surface area contributed by atoms with Crippen LogP contribution >= 0.6 is 23.4 Å². The lowest BCUT2D eigenvalue weighted by molar-refractivity contribution is -0.127. The van der Waals surface area contributed by atoms with E-state index in [2.05, 4.69) is 5.32 Å². The zero-order chi connectivity index (χ0) is 29.6. The zero-order valence-corrected chi connectivity index (χ0v) is 24.0. The van der Waals surface area contributed by atoms with E-state index in [0.717, 1.165) is 33.0 Å². The van der Waals surface area contributed by atoms with Crippen molar-refractivity contribution in [2.75, 3.05) is 18.5 Å². The number of benzene rings is 4. The molecule has 1 N–H and O–H groups in total. The molecule has 0 bridgehead atoms. The minimum Gasteiger partial charge on any atom is -0.488 e. The quantitative estimate of drug-likeness (QED) is 0.164. The first-order valence-corrected chi connectivity index (χ1v) is 14.2. The second-order valence-electron chi connectivity index (χ2n) is 9.20. The van der Waals surface area contributed by atoms with Crippen LogP contribution in [-0.4, -0.2) is 41.1 Å². The van der Waals surface area contributed by atoms with Gasteiger partial charge in [0, 0.05) is 11.3 Å². The number of amides is 3. The number of thioether (sulfide) groups is 1. The van der Waals surface area contributed by atoms with Crippen LogP contribution < -0.4 is 10.1 Å². The number of halogens is 1. The molecule has 42 heavy (non-hydrogen) atoms. The molecule has 1 aliphatic rings. The van der Waals surface area contributed by atoms with Gasteiger partial charge in [-0.05, 0) is 65.4 Å². The summed E-state index contributed by atoms with van der Waals surface area (Å²) in [6, 6.07) is 25.5. The third-order valence-electron chi connectivity index (χ3n) is 6.36. The Morgan fingerprint density at radius 3 is 2.52 bits per heavy atom. The topological polar surface area (TPSA) is 102 Å². The van der Waals surface area contributed by atoms with Crippen LogP contribution in [0.4, 0.5) is 10.5 Å². The van der Waals surface area contributed by atoms with E-state index in [1.165, 1.54) is 18.2 Å². The van der Waals surface area contributed by atoms with Gasteiger partial charge in [0.1, 0.15) is 18.9 Å². The average Bonchev–Trinajstić information content (AvgIpc) is 3.25. The molecule has 0 atom stereocenters. The van der Waals surface area contributed by atoms with Crippen LogP contribution in [0.5, 0.6) is 5.75 Å². The fraction of sp³-hybridized carbons (Fsp3) is 0.125. The second kappa shape index (κ2) is 12.9. The molecule has 0 unspecified atom stereocenters. The monoisotopic (exact) mass is 600 g/mol. The first-order valence-electron chi connectivity index (χ1n) is 13.0. The summed E-state index contributed by atoms with van der Waals surface area (Å²) in [5.74, 6) is -1.28. The Morgan fingerprint density at radius 2 is 1.74 bits per heavy atom. The number of hydrogen-bond donors (Lipinski definition) is 1. The average molecular weight is 601 g/mol.